The molecule has 6 heteroatoms. The first-order valence-electron chi connectivity index (χ1n) is 5.03. The largest absolute Gasteiger partial charge is 0.463 e. The summed E-state index contributed by atoms with van der Waals surface area (Å²) in [6.45, 7) is 0. The van der Waals surface area contributed by atoms with Crippen LogP contribution in [0, 0.1) is 0 Å². The third kappa shape index (κ3) is 1.06. The van der Waals surface area contributed by atoms with Crippen molar-refractivity contribution >= 4 is 22.3 Å². The molecule has 82 valence electrons. The molecule has 0 aliphatic heterocycles. The summed E-state index contributed by atoms with van der Waals surface area (Å²) in [5.74, 6) is 0.653. The van der Waals surface area contributed by atoms with Gasteiger partial charge in [-0.3, -0.25) is 0 Å². The average molecular weight is 226 g/mol. The van der Waals surface area contributed by atoms with E-state index in [-0.39, 0.29) is 0 Å². The van der Waals surface area contributed by atoms with Crippen molar-refractivity contribution in [1.82, 2.24) is 19.9 Å². The minimum Gasteiger partial charge on any atom is -0.463 e. The summed E-state index contributed by atoms with van der Waals surface area (Å²) in [6, 6.07) is 3.64. The van der Waals surface area contributed by atoms with E-state index in [1.54, 1.807) is 18.7 Å². The van der Waals surface area contributed by atoms with Crippen LogP contribution in [0.2, 0.25) is 0 Å². The van der Waals surface area contributed by atoms with Gasteiger partial charge in [-0.1, -0.05) is 0 Å². The van der Waals surface area contributed by atoms with Crippen LogP contribution in [-0.4, -0.2) is 19.9 Å². The Bertz CT molecular complexity index is 797. The molecule has 0 atom stereocenters. The van der Waals surface area contributed by atoms with Crippen molar-refractivity contribution in [1.29, 1.82) is 0 Å². The highest BCUT2D eigenvalue weighted by atomic mass is 16.3. The summed E-state index contributed by atoms with van der Waals surface area (Å²) in [5.41, 5.74) is 3.31. The van der Waals surface area contributed by atoms with Gasteiger partial charge in [-0.05, 0) is 12.1 Å². The molecule has 0 bridgehead atoms. The lowest BCUT2D eigenvalue weighted by Gasteiger charge is -1.97. The van der Waals surface area contributed by atoms with Crippen molar-refractivity contribution in [2.45, 2.75) is 0 Å². The van der Waals surface area contributed by atoms with Gasteiger partial charge in [0, 0.05) is 0 Å². The topological polar surface area (TPSA) is 80.7 Å². The number of pyridine rings is 1. The van der Waals surface area contributed by atoms with Crippen molar-refractivity contribution in [2.75, 3.05) is 0 Å². The summed E-state index contributed by atoms with van der Waals surface area (Å²) >= 11 is 0. The van der Waals surface area contributed by atoms with Gasteiger partial charge in [-0.15, -0.1) is 0 Å². The number of fused-ring (bicyclic) bond motifs is 3. The summed E-state index contributed by atoms with van der Waals surface area (Å²) in [5, 5.41) is 0. The summed E-state index contributed by atoms with van der Waals surface area (Å²) < 4.78 is 10.6. The number of aromatic amines is 1. The number of aromatic nitrogens is 4. The molecule has 0 saturated carbocycles. The van der Waals surface area contributed by atoms with E-state index < -0.39 is 0 Å². The minimum absolute atomic E-state index is 0.466. The summed E-state index contributed by atoms with van der Waals surface area (Å²) in [4.78, 5) is 15.8. The van der Waals surface area contributed by atoms with Crippen LogP contribution in [0.5, 0.6) is 0 Å². The van der Waals surface area contributed by atoms with Crippen LogP contribution in [0.25, 0.3) is 33.7 Å². The zero-order chi connectivity index (χ0) is 11.2. The Balaban J connectivity index is 2.22. The first kappa shape index (κ1) is 8.51. The highest BCUT2D eigenvalue weighted by Crippen LogP contribution is 2.29. The van der Waals surface area contributed by atoms with Crippen molar-refractivity contribution in [2.24, 2.45) is 0 Å². The van der Waals surface area contributed by atoms with Crippen LogP contribution in [0.15, 0.2) is 40.0 Å². The van der Waals surface area contributed by atoms with Gasteiger partial charge in [0.2, 0.25) is 5.71 Å². The van der Waals surface area contributed by atoms with Gasteiger partial charge in [0.05, 0.1) is 18.1 Å². The van der Waals surface area contributed by atoms with E-state index in [4.69, 9.17) is 8.83 Å². The molecule has 0 fully saturated rings. The summed E-state index contributed by atoms with van der Waals surface area (Å²) in [7, 11) is 0. The fourth-order valence-electron chi connectivity index (χ4n) is 1.88. The van der Waals surface area contributed by atoms with Crippen molar-refractivity contribution in [3.63, 3.8) is 0 Å². The molecule has 0 unspecified atom stereocenters. The van der Waals surface area contributed by atoms with Crippen LogP contribution in [0.3, 0.4) is 0 Å². The first-order chi connectivity index (χ1) is 8.43. The molecule has 4 rings (SSSR count). The van der Waals surface area contributed by atoms with E-state index >= 15 is 0 Å². The number of furan rings is 1. The first-order valence-corrected chi connectivity index (χ1v) is 5.03. The van der Waals surface area contributed by atoms with Gasteiger partial charge >= 0.3 is 0 Å². The zero-order valence-corrected chi connectivity index (χ0v) is 8.54. The second-order valence-electron chi connectivity index (χ2n) is 3.57. The predicted octanol–water partition coefficient (Wildman–Crippen LogP) is 2.36. The molecule has 4 aromatic heterocycles. The number of nitrogens with zero attached hydrogens (tertiary/aromatic N) is 3. The molecule has 0 aliphatic rings. The maximum Gasteiger partial charge on any atom is 0.249 e. The summed E-state index contributed by atoms with van der Waals surface area (Å²) in [6.07, 6.45) is 4.57. The highest BCUT2D eigenvalue weighted by Gasteiger charge is 2.16. The van der Waals surface area contributed by atoms with Crippen molar-refractivity contribution < 1.29 is 8.83 Å². The number of oxazole rings is 1. The number of hydrogen-bond donors (Lipinski definition) is 1. The third-order valence-corrected chi connectivity index (χ3v) is 2.62. The lowest BCUT2D eigenvalue weighted by Crippen LogP contribution is -1.86. The van der Waals surface area contributed by atoms with Crippen LogP contribution < -0.4 is 0 Å². The molecule has 17 heavy (non-hydrogen) atoms. The number of hydrogen-bond acceptors (Lipinski definition) is 5. The molecule has 0 amide bonds. The van der Waals surface area contributed by atoms with E-state index in [1.165, 1.54) is 6.39 Å². The van der Waals surface area contributed by atoms with E-state index in [9.17, 15) is 0 Å². The minimum atomic E-state index is 0.466. The van der Waals surface area contributed by atoms with Gasteiger partial charge in [0.1, 0.15) is 11.2 Å². The molecule has 6 nitrogen and oxygen atoms in total. The molecule has 1 N–H and O–H groups in total. The van der Waals surface area contributed by atoms with Crippen LogP contribution >= 0.6 is 0 Å². The normalized spacial score (nSPS) is 11.5. The van der Waals surface area contributed by atoms with E-state index in [0.717, 1.165) is 11.0 Å². The molecule has 0 radical (unpaired) electrons. The average Bonchev–Trinajstić information content (AvgIpc) is 3.09. The monoisotopic (exact) mass is 226 g/mol. The second-order valence-corrected chi connectivity index (χ2v) is 3.57. The molecule has 0 aromatic carbocycles. The Hall–Kier alpha value is -2.63. The molecular weight excluding hydrogens is 220 g/mol. The van der Waals surface area contributed by atoms with Gasteiger partial charge in [0.25, 0.3) is 0 Å². The van der Waals surface area contributed by atoms with Crippen LogP contribution in [0.4, 0.5) is 0 Å². The molecular formula is C11H6N4O2. The number of nitrogens with one attached hydrogen (secondary N) is 1. The number of H-pyrrole nitrogens is 1. The maximum atomic E-state index is 5.34. The Morgan fingerprint density at radius 2 is 2.12 bits per heavy atom. The lowest BCUT2D eigenvalue weighted by atomic mass is 10.2. The third-order valence-electron chi connectivity index (χ3n) is 2.62. The van der Waals surface area contributed by atoms with Gasteiger partial charge in [-0.2, -0.15) is 0 Å². The number of imidazole rings is 1. The highest BCUT2D eigenvalue weighted by molar-refractivity contribution is 6.03. The van der Waals surface area contributed by atoms with E-state index in [0.29, 0.717) is 22.7 Å². The second kappa shape index (κ2) is 2.94. The fraction of sp³-hybridized carbons (Fsp3) is 0. The smallest absolute Gasteiger partial charge is 0.249 e. The lowest BCUT2D eigenvalue weighted by molar-refractivity contribution is 0.575. The quantitative estimate of drug-likeness (QED) is 0.538. The molecule has 0 saturated heterocycles. The standard InChI is InChI=1S/C11H6N4O2/c1-2-6(16-3-1)7-8-9(13-4-12-8)10-11(15-7)17-5-14-10/h1-5H,(H,12,13). The van der Waals surface area contributed by atoms with E-state index in [1.807, 2.05) is 6.07 Å². The van der Waals surface area contributed by atoms with Crippen LogP contribution in [-0.2, 0) is 0 Å². The van der Waals surface area contributed by atoms with Gasteiger partial charge in [0.15, 0.2) is 17.7 Å². The molecule has 4 heterocycles. The Morgan fingerprint density at radius 3 is 3.00 bits per heavy atom. The molecule has 0 spiro atoms. The predicted molar refractivity (Wildman–Crippen MR) is 59.2 cm³/mol. The Kier molecular flexibility index (Phi) is 1.47. The SMILES string of the molecule is c1coc(-c2nc3ocnc3c3[nH]cnc23)c1. The zero-order valence-electron chi connectivity index (χ0n) is 8.54. The van der Waals surface area contributed by atoms with Crippen molar-refractivity contribution in [3.8, 4) is 11.5 Å². The Labute approximate surface area is 94.3 Å². The van der Waals surface area contributed by atoms with Gasteiger partial charge < -0.3 is 13.8 Å². The van der Waals surface area contributed by atoms with Crippen molar-refractivity contribution in [3.05, 3.63) is 31.1 Å². The van der Waals surface area contributed by atoms with Gasteiger partial charge in [-0.25, -0.2) is 15.0 Å². The van der Waals surface area contributed by atoms with E-state index in [2.05, 4.69) is 19.9 Å². The van der Waals surface area contributed by atoms with Crippen LogP contribution in [0.1, 0.15) is 0 Å². The fourth-order valence-corrected chi connectivity index (χ4v) is 1.88. The molecule has 4 aromatic rings. The molecule has 0 aliphatic carbocycles. The Morgan fingerprint density at radius 1 is 1.12 bits per heavy atom. The number of rotatable bonds is 1. The maximum absolute atomic E-state index is 5.34.